The maximum absolute atomic E-state index is 13.3. The van der Waals surface area contributed by atoms with Gasteiger partial charge < -0.3 is 20.1 Å². The number of piperidine rings is 1. The third-order valence-corrected chi connectivity index (χ3v) is 7.95. The Hall–Kier alpha value is -3.22. The summed E-state index contributed by atoms with van der Waals surface area (Å²) in [7, 11) is 1.50. The van der Waals surface area contributed by atoms with E-state index in [-0.39, 0.29) is 36.3 Å². The van der Waals surface area contributed by atoms with Crippen LogP contribution in [0.5, 0.6) is 5.88 Å². The third kappa shape index (κ3) is 4.88. The van der Waals surface area contributed by atoms with Crippen LogP contribution in [0.3, 0.4) is 0 Å². The number of aliphatic hydroxyl groups is 1. The van der Waals surface area contributed by atoms with E-state index in [9.17, 15) is 27.9 Å². The third-order valence-electron chi connectivity index (χ3n) is 7.95. The van der Waals surface area contributed by atoms with Crippen LogP contribution in [0.15, 0.2) is 18.5 Å². The molecule has 3 fully saturated rings. The number of alkyl halides is 3. The normalized spacial score (nSPS) is 27.1. The number of likely N-dealkylation sites (tertiary alicyclic amines) is 1. The fourth-order valence-electron chi connectivity index (χ4n) is 5.49. The molecule has 2 aromatic heterocycles. The first-order valence-electron chi connectivity index (χ1n) is 12.4. The molecule has 2 saturated carbocycles. The molecular weight excluding hydrogens is 493 g/mol. The zero-order valence-electron chi connectivity index (χ0n) is 20.3. The molecular formula is C24H29F3N6O4. The summed E-state index contributed by atoms with van der Waals surface area (Å²) in [5.74, 6) is -0.355. The number of hydrogen-bond acceptors (Lipinski definition) is 7. The lowest BCUT2D eigenvalue weighted by atomic mass is 9.81. The zero-order valence-corrected chi connectivity index (χ0v) is 20.3. The number of carbonyl (C=O) groups excluding carboxylic acids is 2. The van der Waals surface area contributed by atoms with Gasteiger partial charge in [-0.3, -0.25) is 14.7 Å². The van der Waals surface area contributed by atoms with Gasteiger partial charge in [0.05, 0.1) is 18.5 Å². The van der Waals surface area contributed by atoms with E-state index in [0.29, 0.717) is 36.7 Å². The van der Waals surface area contributed by atoms with Gasteiger partial charge in [0.15, 0.2) is 11.3 Å². The number of aromatic nitrogens is 4. The van der Waals surface area contributed by atoms with Gasteiger partial charge in [-0.05, 0) is 57.4 Å². The molecule has 0 aromatic carbocycles. The van der Waals surface area contributed by atoms with Crippen LogP contribution in [0.25, 0.3) is 11.4 Å². The van der Waals surface area contributed by atoms with Crippen molar-refractivity contribution in [2.75, 3.05) is 13.7 Å². The Kier molecular flexibility index (Phi) is 6.37. The van der Waals surface area contributed by atoms with Gasteiger partial charge in [0.25, 0.3) is 5.91 Å². The SMILES string of the molecule is COc1cc(-c2cc(C(=O)N3CC[C@H](C(=O)N[C@H]4CC[C@@](O)(C(F)(F)F)CC4)CC34CC4)n[nH]2)ncn1. The average Bonchev–Trinajstić information content (AvgIpc) is 3.45. The first-order chi connectivity index (χ1) is 17.5. The fraction of sp³-hybridized carbons (Fsp3) is 0.625. The minimum absolute atomic E-state index is 0.0733. The highest BCUT2D eigenvalue weighted by atomic mass is 19.4. The summed E-state index contributed by atoms with van der Waals surface area (Å²) in [6, 6.07) is 2.86. The molecule has 3 aliphatic rings. The molecule has 10 nitrogen and oxygen atoms in total. The molecule has 0 radical (unpaired) electrons. The molecule has 1 aliphatic heterocycles. The van der Waals surface area contributed by atoms with Gasteiger partial charge in [-0.2, -0.15) is 18.3 Å². The Morgan fingerprint density at radius 3 is 2.54 bits per heavy atom. The number of carbonyl (C=O) groups is 2. The van der Waals surface area contributed by atoms with Crippen molar-refractivity contribution in [3.63, 3.8) is 0 Å². The Bertz CT molecular complexity index is 1170. The van der Waals surface area contributed by atoms with E-state index in [0.717, 1.165) is 12.8 Å². The zero-order chi connectivity index (χ0) is 26.4. The van der Waals surface area contributed by atoms with Crippen molar-refractivity contribution in [1.82, 2.24) is 30.4 Å². The summed E-state index contributed by atoms with van der Waals surface area (Å²) >= 11 is 0. The Balaban J connectivity index is 1.19. The van der Waals surface area contributed by atoms with E-state index in [4.69, 9.17) is 4.74 Å². The highest BCUT2D eigenvalue weighted by Crippen LogP contribution is 2.50. The summed E-state index contributed by atoms with van der Waals surface area (Å²) in [6.07, 6.45) is -1.49. The predicted molar refractivity (Wildman–Crippen MR) is 123 cm³/mol. The van der Waals surface area contributed by atoms with Crippen molar-refractivity contribution in [2.45, 2.75) is 74.7 Å². The average molecular weight is 523 g/mol. The number of ether oxygens (including phenoxy) is 1. The van der Waals surface area contributed by atoms with Gasteiger partial charge in [-0.15, -0.1) is 0 Å². The summed E-state index contributed by atoms with van der Waals surface area (Å²) in [4.78, 5) is 36.2. The van der Waals surface area contributed by atoms with Crippen molar-refractivity contribution < 1.29 is 32.6 Å². The van der Waals surface area contributed by atoms with E-state index in [1.807, 2.05) is 0 Å². The molecule has 5 rings (SSSR count). The van der Waals surface area contributed by atoms with E-state index >= 15 is 0 Å². The van der Waals surface area contributed by atoms with Crippen LogP contribution in [0.1, 0.15) is 61.9 Å². The number of nitrogens with zero attached hydrogens (tertiary/aromatic N) is 4. The lowest BCUT2D eigenvalue weighted by molar-refractivity contribution is -0.270. The number of halogens is 3. The van der Waals surface area contributed by atoms with Gasteiger partial charge in [0.2, 0.25) is 11.8 Å². The van der Waals surface area contributed by atoms with Crippen LogP contribution in [-0.2, 0) is 4.79 Å². The van der Waals surface area contributed by atoms with Crippen molar-refractivity contribution in [3.8, 4) is 17.3 Å². The second-order valence-electron chi connectivity index (χ2n) is 10.3. The molecule has 1 spiro atoms. The van der Waals surface area contributed by atoms with Crippen LogP contribution in [0.2, 0.25) is 0 Å². The number of methoxy groups -OCH3 is 1. The summed E-state index contributed by atoms with van der Waals surface area (Å²) in [5, 5.41) is 19.8. The molecule has 3 N–H and O–H groups in total. The van der Waals surface area contributed by atoms with E-state index in [1.165, 1.54) is 13.4 Å². The number of rotatable bonds is 5. The van der Waals surface area contributed by atoms with Crippen LogP contribution < -0.4 is 10.1 Å². The van der Waals surface area contributed by atoms with Gasteiger partial charge in [-0.1, -0.05) is 0 Å². The maximum Gasteiger partial charge on any atom is 0.417 e. The highest BCUT2D eigenvalue weighted by Gasteiger charge is 2.56. The standard InChI is InChI=1S/C24H29F3N6O4/c1-37-19-11-16(28-13-29-19)17-10-18(32-31-17)21(35)33-9-4-14(12-22(33)7-8-22)20(34)30-15-2-5-23(36,6-3-15)24(25,26)27/h10-11,13-15,36H,2-9,12H2,1H3,(H,30,34)(H,31,32)/t14-,15-,23-/m0/s1. The molecule has 2 aliphatic carbocycles. The number of H-pyrrole nitrogens is 1. The Labute approximate surface area is 211 Å². The molecule has 3 heterocycles. The van der Waals surface area contributed by atoms with E-state index < -0.39 is 36.2 Å². The molecule has 13 heteroatoms. The smallest absolute Gasteiger partial charge is 0.417 e. The number of hydrogen-bond donors (Lipinski definition) is 3. The first-order valence-corrected chi connectivity index (χ1v) is 12.4. The topological polar surface area (TPSA) is 133 Å². The summed E-state index contributed by atoms with van der Waals surface area (Å²) in [5.41, 5.74) is -1.75. The molecule has 2 aromatic rings. The largest absolute Gasteiger partial charge is 0.481 e. The van der Waals surface area contributed by atoms with Gasteiger partial charge in [0.1, 0.15) is 6.33 Å². The van der Waals surface area contributed by atoms with Gasteiger partial charge in [0, 0.05) is 30.1 Å². The Morgan fingerprint density at radius 2 is 1.89 bits per heavy atom. The number of amides is 2. The van der Waals surface area contributed by atoms with Crippen molar-refractivity contribution in [1.29, 1.82) is 0 Å². The molecule has 1 saturated heterocycles. The van der Waals surface area contributed by atoms with Crippen molar-refractivity contribution >= 4 is 11.8 Å². The minimum atomic E-state index is -4.67. The molecule has 2 amide bonds. The van der Waals surface area contributed by atoms with Crippen molar-refractivity contribution in [3.05, 3.63) is 24.2 Å². The summed E-state index contributed by atoms with van der Waals surface area (Å²) in [6.45, 7) is 0.388. The second-order valence-corrected chi connectivity index (χ2v) is 10.3. The first kappa shape index (κ1) is 25.4. The minimum Gasteiger partial charge on any atom is -0.481 e. The van der Waals surface area contributed by atoms with Gasteiger partial charge in [-0.25, -0.2) is 9.97 Å². The van der Waals surface area contributed by atoms with Crippen molar-refractivity contribution in [2.24, 2.45) is 5.92 Å². The fourth-order valence-corrected chi connectivity index (χ4v) is 5.49. The number of nitrogens with one attached hydrogen (secondary N) is 2. The second kappa shape index (κ2) is 9.26. The van der Waals surface area contributed by atoms with Crippen LogP contribution in [0, 0.1) is 5.92 Å². The van der Waals surface area contributed by atoms with E-state index in [2.05, 4.69) is 25.5 Å². The maximum atomic E-state index is 13.3. The molecule has 0 bridgehead atoms. The molecule has 1 atom stereocenters. The van der Waals surface area contributed by atoms with Crippen LogP contribution >= 0.6 is 0 Å². The quantitative estimate of drug-likeness (QED) is 0.550. The number of aromatic amines is 1. The monoisotopic (exact) mass is 522 g/mol. The van der Waals surface area contributed by atoms with Crippen LogP contribution in [0.4, 0.5) is 13.2 Å². The van der Waals surface area contributed by atoms with E-state index in [1.54, 1.807) is 17.0 Å². The predicted octanol–water partition coefficient (Wildman–Crippen LogP) is 2.61. The summed E-state index contributed by atoms with van der Waals surface area (Å²) < 4.78 is 44.3. The highest BCUT2D eigenvalue weighted by molar-refractivity contribution is 5.94. The molecule has 0 unspecified atom stereocenters. The van der Waals surface area contributed by atoms with Crippen LogP contribution in [-0.4, -0.2) is 79.0 Å². The Morgan fingerprint density at radius 1 is 1.16 bits per heavy atom. The lowest BCUT2D eigenvalue weighted by Gasteiger charge is -2.41. The molecule has 37 heavy (non-hydrogen) atoms. The molecule has 200 valence electrons. The van der Waals surface area contributed by atoms with Gasteiger partial charge >= 0.3 is 6.18 Å². The lowest BCUT2D eigenvalue weighted by Crippen LogP contribution is -2.54.